The second kappa shape index (κ2) is 9.28. The molecule has 0 amide bonds. The van der Waals surface area contributed by atoms with Crippen molar-refractivity contribution >= 4 is 10.8 Å². The van der Waals surface area contributed by atoms with E-state index in [1.807, 2.05) is 0 Å². The predicted molar refractivity (Wildman–Crippen MR) is 93.1 cm³/mol. The molecule has 0 spiro atoms. The third kappa shape index (κ3) is 4.78. The first-order chi connectivity index (χ1) is 9.99. The van der Waals surface area contributed by atoms with Crippen LogP contribution in [0.25, 0.3) is 21.9 Å². The Morgan fingerprint density at radius 1 is 0.917 bits per heavy atom. The molecule has 0 bridgehead atoms. The monoisotopic (exact) mass is 435 g/mol. The van der Waals surface area contributed by atoms with Crippen LogP contribution in [-0.2, 0) is 38.0 Å². The minimum atomic E-state index is 0. The Balaban J connectivity index is 0.00000176. The molecule has 3 rings (SSSR count). The molecule has 125 valence electrons. The zero-order valence-corrected chi connectivity index (χ0v) is 18.6. The van der Waals surface area contributed by atoms with Gasteiger partial charge >= 0.3 is 26.2 Å². The summed E-state index contributed by atoms with van der Waals surface area (Å²) >= 11 is 0. The van der Waals surface area contributed by atoms with Gasteiger partial charge in [-0.1, -0.05) is 63.6 Å². The fourth-order valence-electron chi connectivity index (χ4n) is 2.90. The minimum absolute atomic E-state index is 0. The number of hydrogen-bond donors (Lipinski definition) is 0. The van der Waals surface area contributed by atoms with Gasteiger partial charge in [0.15, 0.2) is 0 Å². The molecule has 0 aliphatic rings. The quantitative estimate of drug-likeness (QED) is 0.499. The van der Waals surface area contributed by atoms with E-state index in [4.69, 9.17) is 0 Å². The molecule has 3 aromatic carbocycles. The van der Waals surface area contributed by atoms with Crippen LogP contribution in [0, 0.1) is 0 Å². The Labute approximate surface area is 177 Å². The Kier molecular flexibility index (Phi) is 9.09. The maximum absolute atomic E-state index is 2.34. The number of rotatable bonds is 2. The molecule has 0 heterocycles. The van der Waals surface area contributed by atoms with E-state index >= 15 is 0 Å². The van der Waals surface area contributed by atoms with Crippen molar-refractivity contribution in [2.24, 2.45) is 0 Å². The second-order valence-corrected chi connectivity index (χ2v) is 6.85. The van der Waals surface area contributed by atoms with E-state index in [1.165, 1.54) is 33.0 Å². The van der Waals surface area contributed by atoms with Crippen LogP contribution in [0.15, 0.2) is 54.6 Å². The maximum Gasteiger partial charge on any atom is 3.00 e. The van der Waals surface area contributed by atoms with E-state index in [1.54, 1.807) is 0 Å². The Hall–Kier alpha value is -0.487. The van der Waals surface area contributed by atoms with E-state index in [2.05, 4.69) is 82.3 Å². The van der Waals surface area contributed by atoms with Crippen LogP contribution < -0.4 is 24.8 Å². The van der Waals surface area contributed by atoms with E-state index in [-0.39, 0.29) is 56.4 Å². The Morgan fingerprint density at radius 2 is 1.54 bits per heavy atom. The number of aryl methyl sites for hydroxylation is 1. The van der Waals surface area contributed by atoms with Crippen molar-refractivity contribution in [2.45, 2.75) is 39.5 Å². The molecule has 0 atom stereocenters. The summed E-state index contributed by atoms with van der Waals surface area (Å²) in [4.78, 5) is 0. The summed E-state index contributed by atoms with van der Waals surface area (Å²) in [5, 5.41) is 2.72. The van der Waals surface area contributed by atoms with Gasteiger partial charge in [-0.05, 0) is 23.0 Å². The minimum Gasteiger partial charge on any atom is -1.00 e. The van der Waals surface area contributed by atoms with E-state index in [0.29, 0.717) is 0 Å². The summed E-state index contributed by atoms with van der Waals surface area (Å²) in [6, 6.07) is 20.3. The first-order valence-electron chi connectivity index (χ1n) is 7.78. The smallest absolute Gasteiger partial charge is 1.00 e. The van der Waals surface area contributed by atoms with Crippen LogP contribution in [-0.4, -0.2) is 0 Å². The van der Waals surface area contributed by atoms with Crippen LogP contribution >= 0.6 is 0 Å². The zero-order valence-electron chi connectivity index (χ0n) is 14.7. The summed E-state index contributed by atoms with van der Waals surface area (Å²) in [5.74, 6) is 0. The summed E-state index contributed by atoms with van der Waals surface area (Å²) in [7, 11) is 0. The van der Waals surface area contributed by atoms with Gasteiger partial charge in [0.1, 0.15) is 0 Å². The number of fused-ring (bicyclic) bond motifs is 1. The van der Waals surface area contributed by atoms with Gasteiger partial charge in [-0.15, -0.1) is 34.5 Å². The fourth-order valence-corrected chi connectivity index (χ4v) is 2.90. The molecule has 1 radical (unpaired) electrons. The van der Waals surface area contributed by atoms with E-state index in [9.17, 15) is 0 Å². The summed E-state index contributed by atoms with van der Waals surface area (Å²) in [5.41, 5.74) is 5.66. The Morgan fingerprint density at radius 3 is 2.08 bits per heavy atom. The van der Waals surface area contributed by atoms with Gasteiger partial charge in [-0.25, -0.2) is 0 Å². The number of halogens is 2. The van der Waals surface area contributed by atoms with Gasteiger partial charge in [0.2, 0.25) is 0 Å². The molecule has 0 nitrogen and oxygen atoms in total. The van der Waals surface area contributed by atoms with Crippen molar-refractivity contribution in [1.82, 2.24) is 0 Å². The summed E-state index contributed by atoms with van der Waals surface area (Å²) in [6.07, 6.45) is 1.09. The topological polar surface area (TPSA) is 0 Å². The number of benzene rings is 2. The van der Waals surface area contributed by atoms with Crippen LogP contribution in [0.1, 0.15) is 38.8 Å². The maximum atomic E-state index is 2.34. The van der Waals surface area contributed by atoms with Crippen molar-refractivity contribution in [3.63, 3.8) is 0 Å². The summed E-state index contributed by atoms with van der Waals surface area (Å²) < 4.78 is 0. The molecule has 0 fully saturated rings. The average molecular weight is 438 g/mol. The molecule has 24 heavy (non-hydrogen) atoms. The van der Waals surface area contributed by atoms with Crippen molar-refractivity contribution in [3.8, 4) is 11.1 Å². The Bertz CT molecular complexity index is 765. The molecule has 0 saturated carbocycles. The standard InChI is InChI=1S/C21H23.2ClH.Zr/c1-5-15-13-17-7-6-8-19(20(17)14-15)16-9-11-18(12-10-16)21(2,3)4;;;/h6-14H,5H2,1-4H3;2*1H;/q-1;;;+3/p-2. The van der Waals surface area contributed by atoms with Crippen molar-refractivity contribution in [1.29, 1.82) is 0 Å². The molecule has 0 aliphatic carbocycles. The van der Waals surface area contributed by atoms with Crippen LogP contribution in [0.4, 0.5) is 0 Å². The van der Waals surface area contributed by atoms with E-state index in [0.717, 1.165) is 6.42 Å². The molecule has 0 aliphatic heterocycles. The van der Waals surface area contributed by atoms with Gasteiger partial charge < -0.3 is 24.8 Å². The molecular weight excluding hydrogens is 414 g/mol. The van der Waals surface area contributed by atoms with Crippen molar-refractivity contribution in [2.75, 3.05) is 0 Å². The molecule has 0 N–H and O–H groups in total. The molecule has 0 saturated heterocycles. The van der Waals surface area contributed by atoms with Gasteiger partial charge in [-0.3, -0.25) is 0 Å². The second-order valence-electron chi connectivity index (χ2n) is 6.85. The molecule has 3 heteroatoms. The fraction of sp³-hybridized carbons (Fsp3) is 0.286. The van der Waals surface area contributed by atoms with Crippen molar-refractivity contribution in [3.05, 3.63) is 65.7 Å². The van der Waals surface area contributed by atoms with Crippen LogP contribution in [0.2, 0.25) is 0 Å². The van der Waals surface area contributed by atoms with Gasteiger partial charge in [0.25, 0.3) is 0 Å². The largest absolute Gasteiger partial charge is 3.00 e. The molecule has 0 unspecified atom stereocenters. The predicted octanol–water partition coefficient (Wildman–Crippen LogP) is 0.0911. The third-order valence-electron chi connectivity index (χ3n) is 4.28. The van der Waals surface area contributed by atoms with Crippen LogP contribution in [0.5, 0.6) is 0 Å². The van der Waals surface area contributed by atoms with E-state index < -0.39 is 0 Å². The third-order valence-corrected chi connectivity index (χ3v) is 4.28. The SMILES string of the molecule is CCc1cc2c(-c3ccc(C(C)(C)C)cc3)cccc2[cH-]1.[Cl-].[Cl-].[Zr+3]. The first kappa shape index (κ1) is 23.5. The summed E-state index contributed by atoms with van der Waals surface area (Å²) in [6.45, 7) is 8.99. The molecular formula is C21H23Cl2Zr. The van der Waals surface area contributed by atoms with Crippen molar-refractivity contribution < 1.29 is 51.0 Å². The molecule has 0 aromatic heterocycles. The number of hydrogen-bond acceptors (Lipinski definition) is 0. The van der Waals surface area contributed by atoms with Crippen LogP contribution in [0.3, 0.4) is 0 Å². The first-order valence-corrected chi connectivity index (χ1v) is 7.78. The zero-order chi connectivity index (χ0) is 15.0. The average Bonchev–Trinajstić information content (AvgIpc) is 2.89. The molecule has 3 aromatic rings. The normalized spacial score (nSPS) is 10.5. The van der Waals surface area contributed by atoms with Gasteiger partial charge in [0.05, 0.1) is 0 Å². The van der Waals surface area contributed by atoms with Gasteiger partial charge in [0, 0.05) is 0 Å². The van der Waals surface area contributed by atoms with Gasteiger partial charge in [-0.2, -0.15) is 6.07 Å².